The molecule has 1 saturated heterocycles. The highest BCUT2D eigenvalue weighted by Gasteiger charge is 2.28. The maximum Gasteiger partial charge on any atom is 0.113 e. The van der Waals surface area contributed by atoms with Crippen molar-refractivity contribution in [1.29, 1.82) is 0 Å². The zero-order chi connectivity index (χ0) is 14.8. The molecule has 3 rings (SSSR count). The normalized spacial score (nSPS) is 16.1. The quantitative estimate of drug-likeness (QED) is 0.770. The molecule has 0 aliphatic carbocycles. The molecule has 1 aromatic carbocycles. The Balaban J connectivity index is 1.61. The minimum absolute atomic E-state index is 0.673. The Morgan fingerprint density at radius 3 is 2.38 bits per heavy atom. The van der Waals surface area contributed by atoms with Crippen LogP contribution in [0.15, 0.2) is 36.4 Å². The van der Waals surface area contributed by atoms with E-state index < -0.39 is 0 Å². The Bertz CT molecular complexity index is 589. The average molecular weight is 278 g/mol. The third kappa shape index (κ3) is 3.31. The van der Waals surface area contributed by atoms with Crippen LogP contribution in [0, 0.1) is 0 Å². The molecule has 1 aliphatic rings. The van der Waals surface area contributed by atoms with Gasteiger partial charge < -0.3 is 4.90 Å². The summed E-state index contributed by atoms with van der Waals surface area (Å²) in [6.07, 6.45) is 0. The van der Waals surface area contributed by atoms with Crippen LogP contribution in [0.1, 0.15) is 5.69 Å². The summed E-state index contributed by atoms with van der Waals surface area (Å²) < 4.78 is 0. The van der Waals surface area contributed by atoms with Crippen molar-refractivity contribution in [3.05, 3.63) is 42.1 Å². The Kier molecular flexibility index (Phi) is 4.04. The van der Waals surface area contributed by atoms with E-state index in [0.717, 1.165) is 42.0 Å². The van der Waals surface area contributed by atoms with Gasteiger partial charge in [0.15, 0.2) is 0 Å². The predicted molar refractivity (Wildman–Crippen MR) is 85.6 cm³/mol. The van der Waals surface area contributed by atoms with Gasteiger partial charge >= 0.3 is 0 Å². The van der Waals surface area contributed by atoms with Crippen molar-refractivity contribution in [2.45, 2.75) is 12.6 Å². The summed E-state index contributed by atoms with van der Waals surface area (Å²) >= 11 is 0. The van der Waals surface area contributed by atoms with E-state index in [4.69, 9.17) is 7.85 Å². The first-order chi connectivity index (χ1) is 10.1. The molecule has 0 N–H and O–H groups in total. The van der Waals surface area contributed by atoms with Gasteiger partial charge in [0.2, 0.25) is 0 Å². The van der Waals surface area contributed by atoms with Gasteiger partial charge in [-0.05, 0) is 26.2 Å². The van der Waals surface area contributed by atoms with Crippen LogP contribution in [0.5, 0.6) is 0 Å². The topological polar surface area (TPSA) is 32.3 Å². The molecular formula is C16H19BN4. The first-order valence-corrected chi connectivity index (χ1v) is 7.19. The third-order valence-corrected chi connectivity index (χ3v) is 3.98. The Labute approximate surface area is 127 Å². The number of nitrogens with zero attached hydrogens (tertiary/aromatic N) is 4. The standard InChI is InChI=1S/C16H19BN4/c1-20(2)15-10-21(11-15)9-14-7-8-16(19-18-14)12-3-5-13(17)6-4-12/h3-8,15H,9-11H2,1-2H3. The predicted octanol–water partition coefficient (Wildman–Crippen LogP) is 0.683. The lowest BCUT2D eigenvalue weighted by molar-refractivity contribution is 0.0562. The Hall–Kier alpha value is -1.72. The van der Waals surface area contributed by atoms with Gasteiger partial charge in [0, 0.05) is 31.2 Å². The van der Waals surface area contributed by atoms with Crippen molar-refractivity contribution in [2.24, 2.45) is 0 Å². The second-order valence-electron chi connectivity index (χ2n) is 5.84. The van der Waals surface area contributed by atoms with Crippen molar-refractivity contribution >= 4 is 13.3 Å². The molecule has 1 fully saturated rings. The van der Waals surface area contributed by atoms with Gasteiger partial charge in [-0.2, -0.15) is 10.2 Å². The molecule has 106 valence electrons. The zero-order valence-corrected chi connectivity index (χ0v) is 12.5. The second kappa shape index (κ2) is 5.96. The summed E-state index contributed by atoms with van der Waals surface area (Å²) in [5.74, 6) is 0. The molecule has 0 bridgehead atoms. The van der Waals surface area contributed by atoms with Crippen molar-refractivity contribution in [3.8, 4) is 11.3 Å². The minimum atomic E-state index is 0.673. The second-order valence-corrected chi connectivity index (χ2v) is 5.84. The first kappa shape index (κ1) is 14.2. The van der Waals surface area contributed by atoms with Gasteiger partial charge in [-0.1, -0.05) is 29.7 Å². The lowest BCUT2D eigenvalue weighted by Crippen LogP contribution is -2.56. The van der Waals surface area contributed by atoms with E-state index in [9.17, 15) is 0 Å². The molecule has 1 aromatic heterocycles. The van der Waals surface area contributed by atoms with Crippen LogP contribution in [0.3, 0.4) is 0 Å². The summed E-state index contributed by atoms with van der Waals surface area (Å²) in [4.78, 5) is 4.66. The number of aromatic nitrogens is 2. The van der Waals surface area contributed by atoms with Crippen LogP contribution in [0.2, 0.25) is 0 Å². The highest BCUT2D eigenvalue weighted by atomic mass is 15.3. The van der Waals surface area contributed by atoms with Crippen LogP contribution >= 0.6 is 0 Å². The molecule has 2 aromatic rings. The van der Waals surface area contributed by atoms with Crippen LogP contribution in [-0.2, 0) is 6.54 Å². The molecule has 0 saturated carbocycles. The summed E-state index contributed by atoms with van der Waals surface area (Å²) in [6, 6.07) is 12.5. The van der Waals surface area contributed by atoms with Crippen molar-refractivity contribution in [1.82, 2.24) is 20.0 Å². The van der Waals surface area contributed by atoms with E-state index in [1.54, 1.807) is 0 Å². The van der Waals surface area contributed by atoms with Crippen LogP contribution in [0.25, 0.3) is 11.3 Å². The van der Waals surface area contributed by atoms with E-state index >= 15 is 0 Å². The van der Waals surface area contributed by atoms with Crippen molar-refractivity contribution < 1.29 is 0 Å². The molecule has 2 radical (unpaired) electrons. The maximum absolute atomic E-state index is 5.69. The number of hydrogen-bond acceptors (Lipinski definition) is 4. The minimum Gasteiger partial charge on any atom is -0.304 e. The monoisotopic (exact) mass is 278 g/mol. The van der Waals surface area contributed by atoms with E-state index in [-0.39, 0.29) is 0 Å². The molecule has 0 unspecified atom stereocenters. The molecule has 2 heterocycles. The van der Waals surface area contributed by atoms with Crippen molar-refractivity contribution in [2.75, 3.05) is 27.2 Å². The number of rotatable bonds is 4. The van der Waals surface area contributed by atoms with Gasteiger partial charge in [-0.3, -0.25) is 4.90 Å². The van der Waals surface area contributed by atoms with Crippen LogP contribution in [-0.4, -0.2) is 61.1 Å². The fourth-order valence-corrected chi connectivity index (χ4v) is 2.48. The molecule has 4 nitrogen and oxygen atoms in total. The SMILES string of the molecule is [B]c1ccc(-c2ccc(CN3CC(N(C)C)C3)nn2)cc1. The largest absolute Gasteiger partial charge is 0.304 e. The van der Waals surface area contributed by atoms with Gasteiger partial charge in [0.1, 0.15) is 7.85 Å². The smallest absolute Gasteiger partial charge is 0.113 e. The van der Waals surface area contributed by atoms with Gasteiger partial charge in [0.25, 0.3) is 0 Å². The third-order valence-electron chi connectivity index (χ3n) is 3.98. The van der Waals surface area contributed by atoms with Crippen LogP contribution < -0.4 is 5.46 Å². The molecule has 1 aliphatic heterocycles. The molecule has 0 spiro atoms. The van der Waals surface area contributed by atoms with E-state index in [1.165, 1.54) is 0 Å². The summed E-state index contributed by atoms with van der Waals surface area (Å²) in [5, 5.41) is 8.65. The van der Waals surface area contributed by atoms with Gasteiger partial charge in [-0.25, -0.2) is 0 Å². The van der Waals surface area contributed by atoms with Crippen molar-refractivity contribution in [3.63, 3.8) is 0 Å². The Morgan fingerprint density at radius 2 is 1.81 bits per heavy atom. The molecular weight excluding hydrogens is 259 g/mol. The van der Waals surface area contributed by atoms with Crippen LogP contribution in [0.4, 0.5) is 0 Å². The number of benzene rings is 1. The van der Waals surface area contributed by atoms with E-state index in [1.807, 2.05) is 30.3 Å². The van der Waals surface area contributed by atoms with Gasteiger partial charge in [0.05, 0.1) is 11.4 Å². The highest BCUT2D eigenvalue weighted by molar-refractivity contribution is 6.32. The average Bonchev–Trinajstić information content (AvgIpc) is 2.43. The molecule has 0 atom stereocenters. The molecule has 0 amide bonds. The fourth-order valence-electron chi connectivity index (χ4n) is 2.48. The highest BCUT2D eigenvalue weighted by Crippen LogP contribution is 2.17. The lowest BCUT2D eigenvalue weighted by Gasteiger charge is -2.42. The van der Waals surface area contributed by atoms with E-state index in [0.29, 0.717) is 6.04 Å². The summed E-state index contributed by atoms with van der Waals surface area (Å²) in [7, 11) is 9.95. The fraction of sp³-hybridized carbons (Fsp3) is 0.375. The van der Waals surface area contributed by atoms with E-state index in [2.05, 4.69) is 40.2 Å². The lowest BCUT2D eigenvalue weighted by atomic mass is 9.95. The summed E-state index contributed by atoms with van der Waals surface area (Å²) in [6.45, 7) is 3.09. The molecule has 21 heavy (non-hydrogen) atoms. The maximum atomic E-state index is 5.69. The van der Waals surface area contributed by atoms with Gasteiger partial charge in [-0.15, -0.1) is 0 Å². The number of likely N-dealkylation sites (tertiary alicyclic amines) is 1. The Morgan fingerprint density at radius 1 is 1.10 bits per heavy atom. The number of hydrogen-bond donors (Lipinski definition) is 0. The summed E-state index contributed by atoms with van der Waals surface area (Å²) in [5.41, 5.74) is 3.70. The zero-order valence-electron chi connectivity index (χ0n) is 12.5. The number of likely N-dealkylation sites (N-methyl/N-ethyl adjacent to an activating group) is 1. The first-order valence-electron chi connectivity index (χ1n) is 7.19. The molecule has 5 heteroatoms.